The van der Waals surface area contributed by atoms with Gasteiger partial charge in [-0.15, -0.1) is 0 Å². The number of aromatic hydroxyl groups is 1. The van der Waals surface area contributed by atoms with Gasteiger partial charge in [-0.3, -0.25) is 14.4 Å². The molecule has 1 aromatic heterocycles. The monoisotopic (exact) mass is 708 g/mol. The number of carbonyl (C=O) groups excluding carboxylic acids is 2. The SMILES string of the molecule is CN(CCNC(=O)c1ccc(CCNCC(O)c2ccc(O)c3[nH]c(=O)ccc23)cc1)C(=O)COc1cccc(C(O)(C(=O)O)c2ccccc2)c1. The summed E-state index contributed by atoms with van der Waals surface area (Å²) in [6.45, 7) is 0.883. The minimum absolute atomic E-state index is 0.0708. The molecule has 2 amide bonds. The summed E-state index contributed by atoms with van der Waals surface area (Å²) in [5.41, 5.74) is -0.104. The lowest BCUT2D eigenvalue weighted by Gasteiger charge is -2.25. The number of ether oxygens (including phenoxy) is 1. The van der Waals surface area contributed by atoms with Crippen molar-refractivity contribution in [3.05, 3.63) is 141 Å². The molecule has 5 rings (SSSR count). The van der Waals surface area contributed by atoms with Crippen LogP contribution in [0.15, 0.2) is 108 Å². The fourth-order valence-corrected chi connectivity index (χ4v) is 5.68. The highest BCUT2D eigenvalue weighted by Gasteiger charge is 2.40. The van der Waals surface area contributed by atoms with Crippen molar-refractivity contribution in [3.63, 3.8) is 0 Å². The molecule has 0 spiro atoms. The number of carbonyl (C=O) groups is 3. The number of aliphatic hydroxyl groups excluding tert-OH is 1. The van der Waals surface area contributed by atoms with E-state index in [1.165, 1.54) is 47.4 Å². The number of phenols is 1. The van der Waals surface area contributed by atoms with Gasteiger partial charge in [0.1, 0.15) is 11.5 Å². The van der Waals surface area contributed by atoms with Crippen molar-refractivity contribution in [2.45, 2.75) is 18.1 Å². The fraction of sp³-hybridized carbons (Fsp3) is 0.231. The second-order valence-corrected chi connectivity index (χ2v) is 12.2. The van der Waals surface area contributed by atoms with Crippen LogP contribution in [-0.4, -0.2) is 87.9 Å². The number of benzene rings is 4. The molecule has 0 saturated heterocycles. The maximum absolute atomic E-state index is 12.7. The molecule has 0 bridgehead atoms. The van der Waals surface area contributed by atoms with Crippen LogP contribution < -0.4 is 20.9 Å². The molecule has 0 saturated carbocycles. The maximum Gasteiger partial charge on any atom is 0.345 e. The number of nitrogens with one attached hydrogen (secondary N) is 3. The summed E-state index contributed by atoms with van der Waals surface area (Å²) in [4.78, 5) is 53.1. The molecule has 13 heteroatoms. The fourth-order valence-electron chi connectivity index (χ4n) is 5.68. The molecular weight excluding hydrogens is 668 g/mol. The summed E-state index contributed by atoms with van der Waals surface area (Å²) in [6.07, 6.45) is -0.224. The van der Waals surface area contributed by atoms with Crippen molar-refractivity contribution in [3.8, 4) is 11.5 Å². The number of carboxylic acids is 1. The normalized spacial score (nSPS) is 12.8. The first-order chi connectivity index (χ1) is 25.0. The van der Waals surface area contributed by atoms with Crippen molar-refractivity contribution in [2.24, 2.45) is 0 Å². The maximum atomic E-state index is 12.7. The molecule has 2 unspecified atom stereocenters. The van der Waals surface area contributed by atoms with Gasteiger partial charge in [0.15, 0.2) is 6.61 Å². The molecule has 0 aliphatic rings. The second kappa shape index (κ2) is 16.8. The van der Waals surface area contributed by atoms with E-state index in [9.17, 15) is 39.6 Å². The van der Waals surface area contributed by atoms with Gasteiger partial charge in [-0.05, 0) is 66.1 Å². The molecule has 1 heterocycles. The van der Waals surface area contributed by atoms with E-state index in [1.807, 2.05) is 12.1 Å². The Morgan fingerprint density at radius 3 is 2.37 bits per heavy atom. The summed E-state index contributed by atoms with van der Waals surface area (Å²) in [5.74, 6) is -1.97. The zero-order chi connectivity index (χ0) is 37.3. The molecule has 5 aromatic rings. The van der Waals surface area contributed by atoms with E-state index < -0.39 is 17.7 Å². The number of nitrogens with zero attached hydrogens (tertiary/aromatic N) is 1. The minimum Gasteiger partial charge on any atom is -0.506 e. The van der Waals surface area contributed by atoms with Crippen LogP contribution in [0.5, 0.6) is 11.5 Å². The Balaban J connectivity index is 1.03. The summed E-state index contributed by atoms with van der Waals surface area (Å²) >= 11 is 0. The molecule has 2 atom stereocenters. The predicted octanol–water partition coefficient (Wildman–Crippen LogP) is 2.69. The minimum atomic E-state index is -2.31. The molecule has 52 heavy (non-hydrogen) atoms. The number of phenolic OH excluding ortho intramolecular Hbond substituents is 1. The van der Waals surface area contributed by atoms with Gasteiger partial charge in [-0.2, -0.15) is 0 Å². The van der Waals surface area contributed by atoms with Gasteiger partial charge < -0.3 is 45.7 Å². The van der Waals surface area contributed by atoms with Crippen molar-refractivity contribution in [1.29, 1.82) is 0 Å². The molecule has 0 radical (unpaired) electrons. The van der Waals surface area contributed by atoms with Crippen molar-refractivity contribution in [2.75, 3.05) is 39.8 Å². The number of H-pyrrole nitrogens is 1. The number of amides is 2. The van der Waals surface area contributed by atoms with Crippen LogP contribution in [0.3, 0.4) is 0 Å². The Kier molecular flexibility index (Phi) is 12.0. The lowest BCUT2D eigenvalue weighted by molar-refractivity contribution is -0.155. The Bertz CT molecular complexity index is 2090. The highest BCUT2D eigenvalue weighted by Crippen LogP contribution is 2.32. The third kappa shape index (κ3) is 8.82. The third-order valence-corrected chi connectivity index (χ3v) is 8.68. The van der Waals surface area contributed by atoms with Gasteiger partial charge in [0, 0.05) is 49.3 Å². The molecular formula is C39H40N4O9. The molecule has 4 aromatic carbocycles. The summed E-state index contributed by atoms with van der Waals surface area (Å²) in [6, 6.07) is 27.0. The number of aromatic nitrogens is 1. The number of hydrogen-bond acceptors (Lipinski definition) is 9. The second-order valence-electron chi connectivity index (χ2n) is 12.2. The van der Waals surface area contributed by atoms with Crippen LogP contribution >= 0.6 is 0 Å². The van der Waals surface area contributed by atoms with E-state index in [1.54, 1.807) is 55.6 Å². The number of aliphatic carboxylic acids is 1. The number of rotatable bonds is 16. The Hall–Kier alpha value is -6.02. The summed E-state index contributed by atoms with van der Waals surface area (Å²) < 4.78 is 5.62. The Morgan fingerprint density at radius 2 is 1.63 bits per heavy atom. The van der Waals surface area contributed by atoms with Crippen molar-refractivity contribution < 1.29 is 39.5 Å². The number of aliphatic hydroxyl groups is 2. The van der Waals surface area contributed by atoms with Gasteiger partial charge in [-0.25, -0.2) is 4.79 Å². The molecule has 0 fully saturated rings. The van der Waals surface area contributed by atoms with Crippen LogP contribution in [0.2, 0.25) is 0 Å². The van der Waals surface area contributed by atoms with E-state index in [0.29, 0.717) is 29.5 Å². The molecule has 0 aliphatic carbocycles. The Labute approximate surface area is 299 Å². The highest BCUT2D eigenvalue weighted by molar-refractivity contribution is 5.94. The number of fused-ring (bicyclic) bond motifs is 1. The average molecular weight is 709 g/mol. The van der Waals surface area contributed by atoms with Gasteiger partial charge >= 0.3 is 5.97 Å². The van der Waals surface area contributed by atoms with Crippen molar-refractivity contribution >= 4 is 28.7 Å². The van der Waals surface area contributed by atoms with E-state index in [2.05, 4.69) is 15.6 Å². The first-order valence-electron chi connectivity index (χ1n) is 16.6. The van der Waals surface area contributed by atoms with E-state index >= 15 is 0 Å². The zero-order valence-electron chi connectivity index (χ0n) is 28.4. The molecule has 270 valence electrons. The Morgan fingerprint density at radius 1 is 0.904 bits per heavy atom. The molecule has 13 nitrogen and oxygen atoms in total. The lowest BCUT2D eigenvalue weighted by Crippen LogP contribution is -2.38. The quantitative estimate of drug-likeness (QED) is 0.0748. The summed E-state index contributed by atoms with van der Waals surface area (Å²) in [7, 11) is 1.57. The van der Waals surface area contributed by atoms with E-state index in [-0.39, 0.29) is 71.8 Å². The molecule has 0 aliphatic heterocycles. The zero-order valence-corrected chi connectivity index (χ0v) is 28.4. The van der Waals surface area contributed by atoms with Crippen LogP contribution in [0, 0.1) is 0 Å². The van der Waals surface area contributed by atoms with Crippen LogP contribution in [0.4, 0.5) is 0 Å². The van der Waals surface area contributed by atoms with E-state index in [0.717, 1.165) is 5.56 Å². The standard InChI is InChI=1S/C39H40N4O9/c1-43(35(47)24-52-29-9-5-8-28(22-29)39(51,38(49)50)27-6-3-2-4-7-27)21-20-41-37(48)26-12-10-25(11-13-26)18-19-40-23-33(45)30-14-16-32(44)36-31(30)15-17-34(46)42-36/h2-17,22,33,40,44-45,51H,18-21,23-24H2,1H3,(H,41,48)(H,42,46)(H,49,50). The number of carboxylic acid groups (broad SMARTS) is 1. The third-order valence-electron chi connectivity index (χ3n) is 8.68. The largest absolute Gasteiger partial charge is 0.506 e. The number of pyridine rings is 1. The van der Waals surface area contributed by atoms with Gasteiger partial charge in [-0.1, -0.05) is 60.7 Å². The smallest absolute Gasteiger partial charge is 0.345 e. The van der Waals surface area contributed by atoms with Gasteiger partial charge in [0.05, 0.1) is 11.6 Å². The van der Waals surface area contributed by atoms with Crippen LogP contribution in [0.1, 0.15) is 38.7 Å². The van der Waals surface area contributed by atoms with Gasteiger partial charge in [0.2, 0.25) is 11.2 Å². The number of aromatic amines is 1. The first-order valence-corrected chi connectivity index (χ1v) is 16.6. The number of likely N-dealkylation sites (N-methyl/N-ethyl adjacent to an activating group) is 1. The first kappa shape index (κ1) is 37.2. The molecule has 7 N–H and O–H groups in total. The van der Waals surface area contributed by atoms with E-state index in [4.69, 9.17) is 4.74 Å². The summed E-state index contributed by atoms with van der Waals surface area (Å²) in [5, 5.41) is 48.3. The highest BCUT2D eigenvalue weighted by atomic mass is 16.5. The number of hydrogen-bond donors (Lipinski definition) is 7. The average Bonchev–Trinajstić information content (AvgIpc) is 3.16. The van der Waals surface area contributed by atoms with Crippen LogP contribution in [0.25, 0.3) is 10.9 Å². The predicted molar refractivity (Wildman–Crippen MR) is 193 cm³/mol. The van der Waals surface area contributed by atoms with Crippen LogP contribution in [-0.2, 0) is 21.6 Å². The van der Waals surface area contributed by atoms with Crippen molar-refractivity contribution in [1.82, 2.24) is 20.5 Å². The lowest BCUT2D eigenvalue weighted by atomic mass is 9.86. The van der Waals surface area contributed by atoms with Gasteiger partial charge in [0.25, 0.3) is 11.8 Å². The topological polar surface area (TPSA) is 202 Å².